The van der Waals surface area contributed by atoms with E-state index in [0.717, 1.165) is 23.9 Å². The van der Waals surface area contributed by atoms with Crippen LogP contribution in [0.2, 0.25) is 0 Å². The molecule has 0 spiro atoms. The van der Waals surface area contributed by atoms with Gasteiger partial charge in [-0.2, -0.15) is 0 Å². The van der Waals surface area contributed by atoms with Crippen molar-refractivity contribution in [3.63, 3.8) is 0 Å². The topological polar surface area (TPSA) is 49.3 Å². The molecule has 1 aromatic rings. The Morgan fingerprint density at radius 3 is 2.48 bits per heavy atom. The van der Waals surface area contributed by atoms with Gasteiger partial charge < -0.3 is 9.87 Å². The SMILES string of the molecule is O=S(O)CCCNC1(Cc2ccc(Br)cc2)CCCCC1. The van der Waals surface area contributed by atoms with E-state index in [0.29, 0.717) is 5.75 Å². The monoisotopic (exact) mass is 373 g/mol. The Balaban J connectivity index is 1.95. The summed E-state index contributed by atoms with van der Waals surface area (Å²) in [5.41, 5.74) is 1.53. The van der Waals surface area contributed by atoms with Gasteiger partial charge in [-0.25, -0.2) is 4.21 Å². The van der Waals surface area contributed by atoms with Crippen molar-refractivity contribution >= 4 is 27.0 Å². The summed E-state index contributed by atoms with van der Waals surface area (Å²) < 4.78 is 20.7. The highest BCUT2D eigenvalue weighted by Gasteiger charge is 2.31. The van der Waals surface area contributed by atoms with Crippen molar-refractivity contribution in [2.75, 3.05) is 12.3 Å². The van der Waals surface area contributed by atoms with Crippen molar-refractivity contribution < 1.29 is 8.76 Å². The van der Waals surface area contributed by atoms with Crippen LogP contribution in [0.4, 0.5) is 0 Å². The second-order valence-electron chi connectivity index (χ2n) is 5.95. The first-order chi connectivity index (χ1) is 10.1. The summed E-state index contributed by atoms with van der Waals surface area (Å²) in [4.78, 5) is 0. The van der Waals surface area contributed by atoms with Gasteiger partial charge in [0, 0.05) is 10.0 Å². The van der Waals surface area contributed by atoms with Gasteiger partial charge in [0.25, 0.3) is 0 Å². The minimum absolute atomic E-state index is 0.170. The fraction of sp³-hybridized carbons (Fsp3) is 0.625. The molecule has 118 valence electrons. The molecule has 2 rings (SSSR count). The highest BCUT2D eigenvalue weighted by atomic mass is 79.9. The van der Waals surface area contributed by atoms with Gasteiger partial charge in [-0.3, -0.25) is 0 Å². The minimum atomic E-state index is -1.67. The number of hydrogen-bond donors (Lipinski definition) is 2. The number of hydrogen-bond acceptors (Lipinski definition) is 2. The number of halogens is 1. The molecule has 1 fully saturated rings. The molecule has 0 amide bonds. The van der Waals surface area contributed by atoms with Crippen LogP contribution in [0.1, 0.15) is 44.1 Å². The predicted molar refractivity (Wildman–Crippen MR) is 91.9 cm³/mol. The summed E-state index contributed by atoms with van der Waals surface area (Å²) in [6.07, 6.45) is 8.07. The minimum Gasteiger partial charge on any atom is -0.311 e. The Hall–Kier alpha value is -0.230. The molecule has 1 aliphatic carbocycles. The van der Waals surface area contributed by atoms with Gasteiger partial charge in [0.15, 0.2) is 11.1 Å². The first kappa shape index (κ1) is 17.1. The first-order valence-electron chi connectivity index (χ1n) is 7.67. The molecular formula is C16H24BrNO2S. The second-order valence-corrected chi connectivity index (χ2v) is 7.92. The van der Waals surface area contributed by atoms with Crippen molar-refractivity contribution in [2.24, 2.45) is 0 Å². The number of rotatable bonds is 7. The van der Waals surface area contributed by atoms with E-state index < -0.39 is 11.1 Å². The standard InChI is InChI=1S/C16H24BrNO2S/c17-15-7-5-14(6-8-15)13-16(9-2-1-3-10-16)18-11-4-12-21(19)20/h5-8,18H,1-4,9-13H2,(H,19,20). The molecule has 1 aliphatic rings. The van der Waals surface area contributed by atoms with E-state index in [2.05, 4.69) is 45.5 Å². The van der Waals surface area contributed by atoms with E-state index in [1.165, 1.54) is 37.7 Å². The van der Waals surface area contributed by atoms with Gasteiger partial charge in [-0.1, -0.05) is 47.3 Å². The van der Waals surface area contributed by atoms with E-state index in [-0.39, 0.29) is 5.54 Å². The molecule has 5 heteroatoms. The van der Waals surface area contributed by atoms with E-state index in [1.807, 2.05) is 0 Å². The molecule has 3 nitrogen and oxygen atoms in total. The second kappa shape index (κ2) is 8.42. The van der Waals surface area contributed by atoms with E-state index in [4.69, 9.17) is 4.55 Å². The zero-order chi connectivity index (χ0) is 15.1. The highest BCUT2D eigenvalue weighted by molar-refractivity contribution is 9.10. The molecule has 0 aliphatic heterocycles. The normalized spacial score (nSPS) is 19.3. The third kappa shape index (κ3) is 5.81. The lowest BCUT2D eigenvalue weighted by Gasteiger charge is -2.39. The van der Waals surface area contributed by atoms with E-state index in [9.17, 15) is 4.21 Å². The molecule has 0 heterocycles. The van der Waals surface area contributed by atoms with Crippen molar-refractivity contribution in [3.05, 3.63) is 34.3 Å². The molecule has 1 saturated carbocycles. The molecule has 1 atom stereocenters. The maximum atomic E-state index is 10.7. The average Bonchev–Trinajstić information content (AvgIpc) is 2.47. The maximum absolute atomic E-state index is 10.7. The Bertz CT molecular complexity index is 458. The Morgan fingerprint density at radius 2 is 1.86 bits per heavy atom. The highest BCUT2D eigenvalue weighted by Crippen LogP contribution is 2.31. The summed E-state index contributed by atoms with van der Waals surface area (Å²) in [6.45, 7) is 0.822. The first-order valence-corrected chi connectivity index (χ1v) is 9.73. The zero-order valence-corrected chi connectivity index (χ0v) is 14.7. The predicted octanol–water partition coefficient (Wildman–Crippen LogP) is 3.90. The van der Waals surface area contributed by atoms with E-state index >= 15 is 0 Å². The zero-order valence-electron chi connectivity index (χ0n) is 12.3. The van der Waals surface area contributed by atoms with E-state index in [1.54, 1.807) is 0 Å². The van der Waals surface area contributed by atoms with Crippen LogP contribution in [0.5, 0.6) is 0 Å². The van der Waals surface area contributed by atoms with Crippen LogP contribution in [0.3, 0.4) is 0 Å². The lowest BCUT2D eigenvalue weighted by Crippen LogP contribution is -2.49. The largest absolute Gasteiger partial charge is 0.311 e. The number of nitrogens with one attached hydrogen (secondary N) is 1. The lowest BCUT2D eigenvalue weighted by atomic mass is 9.77. The van der Waals surface area contributed by atoms with Crippen LogP contribution in [-0.2, 0) is 17.5 Å². The van der Waals surface area contributed by atoms with Gasteiger partial charge in [0.05, 0.1) is 5.75 Å². The van der Waals surface area contributed by atoms with Crippen molar-refractivity contribution in [1.82, 2.24) is 5.32 Å². The fourth-order valence-electron chi connectivity index (χ4n) is 3.19. The molecule has 2 N–H and O–H groups in total. The summed E-state index contributed by atoms with van der Waals surface area (Å²) in [5.74, 6) is 0.362. The molecule has 0 radical (unpaired) electrons. The van der Waals surface area contributed by atoms with Gasteiger partial charge in [-0.15, -0.1) is 0 Å². The Morgan fingerprint density at radius 1 is 1.19 bits per heavy atom. The van der Waals surface area contributed by atoms with Crippen molar-refractivity contribution in [1.29, 1.82) is 0 Å². The molecule has 21 heavy (non-hydrogen) atoms. The molecule has 1 aromatic carbocycles. The smallest absolute Gasteiger partial charge is 0.152 e. The quantitative estimate of drug-likeness (QED) is 0.562. The van der Waals surface area contributed by atoms with Crippen molar-refractivity contribution in [2.45, 2.75) is 50.5 Å². The van der Waals surface area contributed by atoms with Crippen LogP contribution < -0.4 is 5.32 Å². The van der Waals surface area contributed by atoms with Crippen LogP contribution in [0.25, 0.3) is 0 Å². The maximum Gasteiger partial charge on any atom is 0.152 e. The molecular weight excluding hydrogens is 350 g/mol. The Labute approximate surface area is 138 Å². The molecule has 0 saturated heterocycles. The van der Waals surface area contributed by atoms with Gasteiger partial charge in [0.1, 0.15) is 0 Å². The molecule has 0 aromatic heterocycles. The van der Waals surface area contributed by atoms with Crippen LogP contribution in [0.15, 0.2) is 28.7 Å². The van der Waals surface area contributed by atoms with Gasteiger partial charge in [-0.05, 0) is 49.9 Å². The van der Waals surface area contributed by atoms with Crippen molar-refractivity contribution in [3.8, 4) is 0 Å². The summed E-state index contributed by atoms with van der Waals surface area (Å²) in [6, 6.07) is 8.57. The fourth-order valence-corrected chi connectivity index (χ4v) is 3.84. The Kier molecular flexibility index (Phi) is 6.86. The summed E-state index contributed by atoms with van der Waals surface area (Å²) in [5, 5.41) is 3.70. The molecule has 1 unspecified atom stereocenters. The van der Waals surface area contributed by atoms with Gasteiger partial charge in [0.2, 0.25) is 0 Å². The number of benzene rings is 1. The summed E-state index contributed by atoms with van der Waals surface area (Å²) in [7, 11) is 0. The van der Waals surface area contributed by atoms with Gasteiger partial charge >= 0.3 is 0 Å². The lowest BCUT2D eigenvalue weighted by molar-refractivity contribution is 0.230. The van der Waals surface area contributed by atoms with Crippen LogP contribution >= 0.6 is 15.9 Å². The average molecular weight is 374 g/mol. The summed E-state index contributed by atoms with van der Waals surface area (Å²) >= 11 is 1.81. The molecule has 0 bridgehead atoms. The van der Waals surface area contributed by atoms with Crippen LogP contribution in [0, 0.1) is 0 Å². The van der Waals surface area contributed by atoms with Crippen LogP contribution in [-0.4, -0.2) is 26.6 Å². The third-order valence-corrected chi connectivity index (χ3v) is 5.43. The third-order valence-electron chi connectivity index (χ3n) is 4.26.